The summed E-state index contributed by atoms with van der Waals surface area (Å²) in [5.74, 6) is 0.559. The van der Waals surface area contributed by atoms with Crippen molar-refractivity contribution in [2.75, 3.05) is 0 Å². The first kappa shape index (κ1) is 18.0. The molecule has 28 heavy (non-hydrogen) atoms. The summed E-state index contributed by atoms with van der Waals surface area (Å²) >= 11 is 0. The monoisotopic (exact) mass is 385 g/mol. The Labute approximate surface area is 158 Å². The maximum absolute atomic E-state index is 12.8. The van der Waals surface area contributed by atoms with Gasteiger partial charge in [0.05, 0.1) is 6.10 Å². The number of ether oxygens (including phenoxy) is 1. The smallest absolute Gasteiger partial charge is 0.433 e. The zero-order valence-electron chi connectivity index (χ0n) is 14.5. The normalized spacial score (nSPS) is 14.4. The van der Waals surface area contributed by atoms with Crippen LogP contribution in [0.4, 0.5) is 13.2 Å². The van der Waals surface area contributed by atoms with Gasteiger partial charge in [0.15, 0.2) is 5.69 Å². The molecule has 1 fully saturated rings. The lowest BCUT2D eigenvalue weighted by atomic mass is 9.96. The highest BCUT2D eigenvalue weighted by Crippen LogP contribution is 2.35. The molecule has 0 atom stereocenters. The highest BCUT2D eigenvalue weighted by Gasteiger charge is 2.32. The predicted octanol–water partition coefficient (Wildman–Crippen LogP) is 4.36. The quantitative estimate of drug-likeness (QED) is 0.721. The Morgan fingerprint density at radius 1 is 1.07 bits per heavy atom. The van der Waals surface area contributed by atoms with Crippen molar-refractivity contribution >= 4 is 0 Å². The van der Waals surface area contributed by atoms with Crippen molar-refractivity contribution in [1.82, 2.24) is 20.4 Å². The van der Waals surface area contributed by atoms with Gasteiger partial charge in [0, 0.05) is 17.3 Å². The molecular formula is C19H14F3N5O. The Kier molecular flexibility index (Phi) is 4.47. The van der Waals surface area contributed by atoms with E-state index in [9.17, 15) is 18.4 Å². The Balaban J connectivity index is 1.76. The van der Waals surface area contributed by atoms with Gasteiger partial charge in [0.25, 0.3) is 0 Å². The molecular weight excluding hydrogens is 371 g/mol. The molecule has 0 spiro atoms. The lowest BCUT2D eigenvalue weighted by Gasteiger charge is -2.26. The van der Waals surface area contributed by atoms with Gasteiger partial charge in [-0.05, 0) is 49.1 Å². The largest absolute Gasteiger partial charge is 0.490 e. The second kappa shape index (κ2) is 6.96. The molecule has 1 N–H and O–H groups in total. The molecule has 2 aromatic heterocycles. The van der Waals surface area contributed by atoms with E-state index in [1.807, 2.05) is 6.07 Å². The van der Waals surface area contributed by atoms with Crippen LogP contribution >= 0.6 is 0 Å². The number of nitriles is 1. The van der Waals surface area contributed by atoms with Crippen molar-refractivity contribution < 1.29 is 17.9 Å². The zero-order valence-corrected chi connectivity index (χ0v) is 14.5. The molecule has 142 valence electrons. The summed E-state index contributed by atoms with van der Waals surface area (Å²) in [6.45, 7) is 0. The van der Waals surface area contributed by atoms with Crippen LogP contribution < -0.4 is 4.74 Å². The van der Waals surface area contributed by atoms with Crippen LogP contribution in [-0.2, 0) is 6.18 Å². The second-order valence-electron chi connectivity index (χ2n) is 6.48. The van der Waals surface area contributed by atoms with E-state index >= 15 is 0 Å². The standard InChI is InChI=1S/C19H14F3N5O/c20-19(21,22)17-5-4-11(10-24-17)12-6-13(18-16(9-23)25-27-26-18)8-15(7-12)28-14-2-1-3-14/h4-8,10,14H,1-3H2,(H,25,26,27). The van der Waals surface area contributed by atoms with E-state index in [4.69, 9.17) is 4.74 Å². The first-order valence-electron chi connectivity index (χ1n) is 8.60. The lowest BCUT2D eigenvalue weighted by Crippen LogP contribution is -2.24. The first-order chi connectivity index (χ1) is 13.4. The second-order valence-corrected chi connectivity index (χ2v) is 6.48. The molecule has 0 bridgehead atoms. The Bertz CT molecular complexity index is 1030. The van der Waals surface area contributed by atoms with Crippen LogP contribution in [0.1, 0.15) is 30.7 Å². The Morgan fingerprint density at radius 3 is 2.46 bits per heavy atom. The SMILES string of the molecule is N#Cc1n[nH]nc1-c1cc(OC2CCC2)cc(-c2ccc(C(F)(F)F)nc2)c1. The molecule has 4 rings (SSSR count). The molecule has 0 radical (unpaired) electrons. The number of benzene rings is 1. The third kappa shape index (κ3) is 3.53. The minimum atomic E-state index is -4.50. The summed E-state index contributed by atoms with van der Waals surface area (Å²) in [5.41, 5.74) is 1.20. The van der Waals surface area contributed by atoms with Crippen molar-refractivity contribution in [2.45, 2.75) is 31.5 Å². The summed E-state index contributed by atoms with van der Waals surface area (Å²) in [4.78, 5) is 3.52. The third-order valence-electron chi connectivity index (χ3n) is 4.58. The van der Waals surface area contributed by atoms with Gasteiger partial charge in [-0.3, -0.25) is 4.98 Å². The van der Waals surface area contributed by atoms with Gasteiger partial charge in [0.1, 0.15) is 23.2 Å². The number of rotatable bonds is 4. The predicted molar refractivity (Wildman–Crippen MR) is 93.0 cm³/mol. The number of nitrogens with one attached hydrogen (secondary N) is 1. The maximum atomic E-state index is 12.8. The van der Waals surface area contributed by atoms with E-state index in [0.29, 0.717) is 28.1 Å². The van der Waals surface area contributed by atoms with E-state index < -0.39 is 11.9 Å². The highest BCUT2D eigenvalue weighted by molar-refractivity contribution is 5.75. The number of hydrogen-bond donors (Lipinski definition) is 1. The van der Waals surface area contributed by atoms with Crippen LogP contribution in [0.15, 0.2) is 36.5 Å². The number of aromatic nitrogens is 4. The van der Waals surface area contributed by atoms with Crippen LogP contribution in [0.25, 0.3) is 22.4 Å². The fourth-order valence-corrected chi connectivity index (χ4v) is 2.89. The average Bonchev–Trinajstić information content (AvgIpc) is 3.13. The molecule has 2 heterocycles. The van der Waals surface area contributed by atoms with E-state index in [1.165, 1.54) is 12.3 Å². The topological polar surface area (TPSA) is 87.5 Å². The van der Waals surface area contributed by atoms with Gasteiger partial charge < -0.3 is 4.74 Å². The van der Waals surface area contributed by atoms with Gasteiger partial charge in [0.2, 0.25) is 0 Å². The summed E-state index contributed by atoms with van der Waals surface area (Å²) < 4.78 is 44.3. The molecule has 1 saturated carbocycles. The molecule has 0 amide bonds. The van der Waals surface area contributed by atoms with Gasteiger partial charge >= 0.3 is 6.18 Å². The molecule has 0 unspecified atom stereocenters. The molecule has 3 aromatic rings. The zero-order chi connectivity index (χ0) is 19.7. The third-order valence-corrected chi connectivity index (χ3v) is 4.58. The number of nitrogens with zero attached hydrogens (tertiary/aromatic N) is 4. The number of pyridine rings is 1. The van der Waals surface area contributed by atoms with Crippen LogP contribution in [0.3, 0.4) is 0 Å². The Morgan fingerprint density at radius 2 is 1.86 bits per heavy atom. The first-order valence-corrected chi connectivity index (χ1v) is 8.60. The summed E-state index contributed by atoms with van der Waals surface area (Å²) in [7, 11) is 0. The minimum Gasteiger partial charge on any atom is -0.490 e. The molecule has 1 aliphatic rings. The maximum Gasteiger partial charge on any atom is 0.433 e. The van der Waals surface area contributed by atoms with Crippen molar-refractivity contribution in [3.05, 3.63) is 47.9 Å². The van der Waals surface area contributed by atoms with Crippen LogP contribution in [0.5, 0.6) is 5.75 Å². The fourth-order valence-electron chi connectivity index (χ4n) is 2.89. The van der Waals surface area contributed by atoms with E-state index in [-0.39, 0.29) is 11.8 Å². The van der Waals surface area contributed by atoms with Crippen molar-refractivity contribution in [3.63, 3.8) is 0 Å². The van der Waals surface area contributed by atoms with Gasteiger partial charge in [-0.25, -0.2) is 0 Å². The number of alkyl halides is 3. The van der Waals surface area contributed by atoms with Crippen LogP contribution in [-0.4, -0.2) is 26.5 Å². The van der Waals surface area contributed by atoms with E-state index in [2.05, 4.69) is 20.4 Å². The average molecular weight is 385 g/mol. The molecule has 6 nitrogen and oxygen atoms in total. The molecule has 9 heteroatoms. The van der Waals surface area contributed by atoms with Gasteiger partial charge in [-0.1, -0.05) is 6.07 Å². The molecule has 1 aliphatic carbocycles. The highest BCUT2D eigenvalue weighted by atomic mass is 19.4. The van der Waals surface area contributed by atoms with Crippen molar-refractivity contribution in [1.29, 1.82) is 5.26 Å². The van der Waals surface area contributed by atoms with E-state index in [0.717, 1.165) is 25.3 Å². The summed E-state index contributed by atoms with van der Waals surface area (Å²) in [6, 6.07) is 9.47. The number of H-pyrrole nitrogens is 1. The van der Waals surface area contributed by atoms with Gasteiger partial charge in [-0.2, -0.15) is 28.7 Å². The van der Waals surface area contributed by atoms with Gasteiger partial charge in [-0.15, -0.1) is 5.10 Å². The number of halogens is 3. The Hall–Kier alpha value is -3.41. The van der Waals surface area contributed by atoms with Crippen LogP contribution in [0.2, 0.25) is 0 Å². The lowest BCUT2D eigenvalue weighted by molar-refractivity contribution is -0.141. The molecule has 0 aliphatic heterocycles. The summed E-state index contributed by atoms with van der Waals surface area (Å²) in [5, 5.41) is 19.4. The number of hydrogen-bond acceptors (Lipinski definition) is 5. The molecule has 1 aromatic carbocycles. The van der Waals surface area contributed by atoms with E-state index in [1.54, 1.807) is 18.2 Å². The minimum absolute atomic E-state index is 0.113. The number of aromatic amines is 1. The van der Waals surface area contributed by atoms with Crippen LogP contribution in [0, 0.1) is 11.3 Å². The van der Waals surface area contributed by atoms with Crippen molar-refractivity contribution in [2.24, 2.45) is 0 Å². The fraction of sp³-hybridized carbons (Fsp3) is 0.263. The van der Waals surface area contributed by atoms with Crippen molar-refractivity contribution in [3.8, 4) is 34.2 Å². The summed E-state index contributed by atoms with van der Waals surface area (Å²) in [6.07, 6.45) is -0.211. The molecule has 0 saturated heterocycles.